The Morgan fingerprint density at radius 2 is 2.29 bits per heavy atom. The molecule has 114 valence electrons. The molecule has 5 nitrogen and oxygen atoms in total. The van der Waals surface area contributed by atoms with E-state index in [9.17, 15) is 14.0 Å². The molecule has 7 heteroatoms. The molecule has 21 heavy (non-hydrogen) atoms. The molecule has 1 aliphatic rings. The van der Waals surface area contributed by atoms with E-state index in [-0.39, 0.29) is 23.3 Å². The van der Waals surface area contributed by atoms with Crippen LogP contribution >= 0.6 is 11.6 Å². The van der Waals surface area contributed by atoms with E-state index < -0.39 is 17.8 Å². The zero-order valence-electron chi connectivity index (χ0n) is 11.1. The van der Waals surface area contributed by atoms with Crippen LogP contribution in [0.4, 0.5) is 4.39 Å². The molecule has 1 saturated heterocycles. The maximum atomic E-state index is 13.5. The van der Waals surface area contributed by atoms with Gasteiger partial charge in [-0.15, -0.1) is 0 Å². The van der Waals surface area contributed by atoms with Gasteiger partial charge >= 0.3 is 5.97 Å². The van der Waals surface area contributed by atoms with E-state index in [0.29, 0.717) is 25.2 Å². The lowest BCUT2D eigenvalue weighted by molar-refractivity contribution is -0.138. The van der Waals surface area contributed by atoms with Crippen LogP contribution in [0.3, 0.4) is 0 Å². The van der Waals surface area contributed by atoms with E-state index in [4.69, 9.17) is 21.4 Å². The van der Waals surface area contributed by atoms with Crippen molar-refractivity contribution >= 4 is 23.5 Å². The largest absolute Gasteiger partial charge is 0.481 e. The van der Waals surface area contributed by atoms with Crippen LogP contribution in [0.1, 0.15) is 24.4 Å². The van der Waals surface area contributed by atoms with Crippen LogP contribution in [-0.2, 0) is 14.3 Å². The number of aliphatic carboxylic acids is 1. The third kappa shape index (κ3) is 4.15. The Kier molecular flexibility index (Phi) is 5.14. The summed E-state index contributed by atoms with van der Waals surface area (Å²) in [6.45, 7) is 0.831. The van der Waals surface area contributed by atoms with Crippen LogP contribution < -0.4 is 5.32 Å². The lowest BCUT2D eigenvalue weighted by Gasteiger charge is -2.19. The Balaban J connectivity index is 2.14. The molecular weight excluding hydrogens is 301 g/mol. The van der Waals surface area contributed by atoms with Gasteiger partial charge in [0.2, 0.25) is 5.91 Å². The van der Waals surface area contributed by atoms with Gasteiger partial charge in [-0.2, -0.15) is 0 Å². The number of nitrogens with one attached hydrogen (secondary N) is 1. The molecule has 0 radical (unpaired) electrons. The highest BCUT2D eigenvalue weighted by atomic mass is 35.5. The lowest BCUT2D eigenvalue weighted by Crippen LogP contribution is -2.35. The molecule has 0 aromatic heterocycles. The van der Waals surface area contributed by atoms with Crippen LogP contribution in [0.25, 0.3) is 0 Å². The number of carbonyl (C=O) groups is 2. The molecule has 1 aromatic carbocycles. The summed E-state index contributed by atoms with van der Waals surface area (Å²) in [6.07, 6.45) is 0.265. The predicted octanol–water partition coefficient (Wildman–Crippen LogP) is 2.15. The minimum Gasteiger partial charge on any atom is -0.481 e. The van der Waals surface area contributed by atoms with Gasteiger partial charge in [-0.25, -0.2) is 4.39 Å². The maximum absolute atomic E-state index is 13.5. The fourth-order valence-electron chi connectivity index (χ4n) is 2.19. The molecular formula is C14H15ClFNO4. The lowest BCUT2D eigenvalue weighted by atomic mass is 10.0. The van der Waals surface area contributed by atoms with E-state index in [1.165, 1.54) is 12.1 Å². The highest BCUT2D eigenvalue weighted by molar-refractivity contribution is 6.30. The molecule has 1 aromatic rings. The van der Waals surface area contributed by atoms with E-state index in [1.807, 2.05) is 0 Å². The molecule has 2 rings (SSSR count). The Morgan fingerprint density at radius 3 is 2.86 bits per heavy atom. The Labute approximate surface area is 126 Å². The first-order valence-electron chi connectivity index (χ1n) is 6.52. The predicted molar refractivity (Wildman–Crippen MR) is 73.5 cm³/mol. The van der Waals surface area contributed by atoms with Gasteiger partial charge in [0.25, 0.3) is 0 Å². The van der Waals surface area contributed by atoms with Crippen molar-refractivity contribution in [3.8, 4) is 0 Å². The van der Waals surface area contributed by atoms with Crippen molar-refractivity contribution in [2.45, 2.75) is 18.9 Å². The summed E-state index contributed by atoms with van der Waals surface area (Å²) in [5, 5.41) is 11.5. The summed E-state index contributed by atoms with van der Waals surface area (Å²) in [4.78, 5) is 23.0. The second-order valence-electron chi connectivity index (χ2n) is 4.89. The molecule has 1 aliphatic heterocycles. The number of hydrogen-bond donors (Lipinski definition) is 2. The summed E-state index contributed by atoms with van der Waals surface area (Å²) in [7, 11) is 0. The maximum Gasteiger partial charge on any atom is 0.305 e. The minimum atomic E-state index is -1.08. The number of benzene rings is 1. The molecule has 2 N–H and O–H groups in total. The molecule has 1 heterocycles. The normalized spacial score (nSPS) is 19.2. The monoisotopic (exact) mass is 315 g/mol. The van der Waals surface area contributed by atoms with E-state index in [0.717, 1.165) is 6.07 Å². The molecule has 0 bridgehead atoms. The number of carboxylic acids is 1. The van der Waals surface area contributed by atoms with Crippen molar-refractivity contribution in [3.05, 3.63) is 34.6 Å². The number of ether oxygens (including phenoxy) is 1. The zero-order valence-corrected chi connectivity index (χ0v) is 11.9. The van der Waals surface area contributed by atoms with Crippen molar-refractivity contribution in [3.63, 3.8) is 0 Å². The SMILES string of the molecule is O=C(O)C[C@@H](NC(=O)[C@H]1CCOC1)c1ccc(Cl)c(F)c1. The second kappa shape index (κ2) is 6.87. The number of halogens is 2. The smallest absolute Gasteiger partial charge is 0.305 e. The Hall–Kier alpha value is -1.66. The van der Waals surface area contributed by atoms with Gasteiger partial charge in [-0.05, 0) is 24.1 Å². The van der Waals surface area contributed by atoms with E-state index >= 15 is 0 Å². The summed E-state index contributed by atoms with van der Waals surface area (Å²) in [5.74, 6) is -2.31. The van der Waals surface area contributed by atoms with Gasteiger partial charge in [0, 0.05) is 6.61 Å². The topological polar surface area (TPSA) is 75.6 Å². The molecule has 0 spiro atoms. The number of rotatable bonds is 5. The van der Waals surface area contributed by atoms with E-state index in [2.05, 4.69) is 5.32 Å². The zero-order chi connectivity index (χ0) is 15.4. The third-order valence-electron chi connectivity index (χ3n) is 3.34. The second-order valence-corrected chi connectivity index (χ2v) is 5.30. The van der Waals surface area contributed by atoms with Gasteiger partial charge in [-0.3, -0.25) is 9.59 Å². The highest BCUT2D eigenvalue weighted by Crippen LogP contribution is 2.23. The van der Waals surface area contributed by atoms with Gasteiger partial charge < -0.3 is 15.2 Å². The molecule has 1 amide bonds. The van der Waals surface area contributed by atoms with Crippen molar-refractivity contribution < 1.29 is 23.8 Å². The third-order valence-corrected chi connectivity index (χ3v) is 3.65. The molecule has 0 unspecified atom stereocenters. The van der Waals surface area contributed by atoms with Gasteiger partial charge in [0.05, 0.1) is 30.0 Å². The molecule has 0 saturated carbocycles. The van der Waals surface area contributed by atoms with Crippen molar-refractivity contribution in [2.75, 3.05) is 13.2 Å². The Bertz CT molecular complexity index is 546. The molecule has 0 aliphatic carbocycles. The van der Waals surface area contributed by atoms with Crippen LogP contribution in [0.2, 0.25) is 5.02 Å². The molecule has 1 fully saturated rings. The molecule has 2 atom stereocenters. The van der Waals surface area contributed by atoms with Gasteiger partial charge in [-0.1, -0.05) is 17.7 Å². The van der Waals surface area contributed by atoms with Crippen molar-refractivity contribution in [2.24, 2.45) is 5.92 Å². The average Bonchev–Trinajstić information content (AvgIpc) is 2.94. The van der Waals surface area contributed by atoms with Crippen molar-refractivity contribution in [1.29, 1.82) is 0 Å². The summed E-state index contributed by atoms with van der Waals surface area (Å²) >= 11 is 5.61. The first-order valence-corrected chi connectivity index (χ1v) is 6.90. The number of carbonyl (C=O) groups excluding carboxylic acids is 1. The quantitative estimate of drug-likeness (QED) is 0.873. The van der Waals surface area contributed by atoms with Crippen LogP contribution in [-0.4, -0.2) is 30.2 Å². The van der Waals surface area contributed by atoms with Gasteiger partial charge in [0.1, 0.15) is 5.82 Å². The number of amides is 1. The summed E-state index contributed by atoms with van der Waals surface area (Å²) < 4.78 is 18.6. The Morgan fingerprint density at radius 1 is 1.52 bits per heavy atom. The minimum absolute atomic E-state index is 0.0525. The van der Waals surface area contributed by atoms with Gasteiger partial charge in [0.15, 0.2) is 0 Å². The van der Waals surface area contributed by atoms with Crippen molar-refractivity contribution in [1.82, 2.24) is 5.32 Å². The van der Waals surface area contributed by atoms with Crippen LogP contribution in [0, 0.1) is 11.7 Å². The van der Waals surface area contributed by atoms with Crippen LogP contribution in [0.15, 0.2) is 18.2 Å². The number of hydrogen-bond acceptors (Lipinski definition) is 3. The average molecular weight is 316 g/mol. The van der Waals surface area contributed by atoms with E-state index in [1.54, 1.807) is 0 Å². The van der Waals surface area contributed by atoms with Crippen LogP contribution in [0.5, 0.6) is 0 Å². The first-order chi connectivity index (χ1) is 9.97. The first kappa shape index (κ1) is 15.7. The fourth-order valence-corrected chi connectivity index (χ4v) is 2.30. The summed E-state index contributed by atoms with van der Waals surface area (Å²) in [6, 6.07) is 3.18. The highest BCUT2D eigenvalue weighted by Gasteiger charge is 2.27. The number of carboxylic acid groups (broad SMARTS) is 1. The standard InChI is InChI=1S/C14H15ClFNO4/c15-10-2-1-8(5-11(10)16)12(6-13(18)19)17-14(20)9-3-4-21-7-9/h1-2,5,9,12H,3-4,6-7H2,(H,17,20)(H,18,19)/t9-,12+/m0/s1. The fraction of sp³-hybridized carbons (Fsp3) is 0.429. The summed E-state index contributed by atoms with van der Waals surface area (Å²) in [5.41, 5.74) is 0.367.